The first kappa shape index (κ1) is 19.4. The number of carbonyl (C=O) groups is 1. The van der Waals surface area contributed by atoms with Crippen LogP contribution in [0, 0.1) is 0 Å². The third-order valence-corrected chi connectivity index (χ3v) is 6.12. The van der Waals surface area contributed by atoms with Crippen LogP contribution < -0.4 is 4.74 Å². The summed E-state index contributed by atoms with van der Waals surface area (Å²) in [6, 6.07) is 24.0. The number of fused-ring (bicyclic) bond motifs is 1. The van der Waals surface area contributed by atoms with Crippen LogP contribution in [0.2, 0.25) is 0 Å². The molecule has 5 nitrogen and oxygen atoms in total. The van der Waals surface area contributed by atoms with Gasteiger partial charge in [0, 0.05) is 30.6 Å². The Balaban J connectivity index is 1.24. The minimum Gasteiger partial charge on any atom is -0.497 e. The molecule has 0 saturated carbocycles. The number of methoxy groups -OCH3 is 1. The van der Waals surface area contributed by atoms with Gasteiger partial charge in [0.25, 0.3) is 5.91 Å². The van der Waals surface area contributed by atoms with Crippen LogP contribution in [-0.2, 0) is 0 Å². The molecular weight excluding hydrogens is 386 g/mol. The summed E-state index contributed by atoms with van der Waals surface area (Å²) in [5.41, 5.74) is 4.97. The van der Waals surface area contributed by atoms with E-state index in [1.54, 1.807) is 7.11 Å². The molecule has 0 bridgehead atoms. The Bertz CT molecular complexity index is 1190. The number of benzene rings is 3. The smallest absolute Gasteiger partial charge is 0.253 e. The first-order chi connectivity index (χ1) is 15.2. The van der Waals surface area contributed by atoms with Gasteiger partial charge in [0.1, 0.15) is 11.6 Å². The number of H-pyrrole nitrogens is 1. The molecule has 4 aromatic rings. The molecule has 2 heterocycles. The lowest BCUT2D eigenvalue weighted by molar-refractivity contribution is 0.0711. The highest BCUT2D eigenvalue weighted by Gasteiger charge is 2.26. The molecule has 0 unspecified atom stereocenters. The number of carbonyl (C=O) groups excluding carboxylic acids is 1. The number of amides is 1. The highest BCUT2D eigenvalue weighted by Crippen LogP contribution is 2.29. The van der Waals surface area contributed by atoms with E-state index in [2.05, 4.69) is 17.1 Å². The summed E-state index contributed by atoms with van der Waals surface area (Å²) in [6.45, 7) is 1.48. The minimum absolute atomic E-state index is 0.104. The Morgan fingerprint density at radius 1 is 0.968 bits per heavy atom. The van der Waals surface area contributed by atoms with Crippen LogP contribution in [0.4, 0.5) is 0 Å². The zero-order valence-electron chi connectivity index (χ0n) is 17.5. The molecule has 3 aromatic carbocycles. The maximum Gasteiger partial charge on any atom is 0.253 e. The molecule has 1 amide bonds. The summed E-state index contributed by atoms with van der Waals surface area (Å²) in [5.74, 6) is 2.26. The first-order valence-corrected chi connectivity index (χ1v) is 10.7. The fourth-order valence-electron chi connectivity index (χ4n) is 4.30. The van der Waals surface area contributed by atoms with Crippen LogP contribution in [0.3, 0.4) is 0 Å². The van der Waals surface area contributed by atoms with Crippen LogP contribution in [0.1, 0.15) is 34.9 Å². The summed E-state index contributed by atoms with van der Waals surface area (Å²) in [4.78, 5) is 23.2. The molecule has 1 fully saturated rings. The number of nitrogens with one attached hydrogen (secondary N) is 1. The number of piperidine rings is 1. The van der Waals surface area contributed by atoms with Crippen LogP contribution in [0.25, 0.3) is 22.2 Å². The van der Waals surface area contributed by atoms with Crippen molar-refractivity contribution in [3.8, 4) is 16.9 Å². The highest BCUT2D eigenvalue weighted by atomic mass is 16.5. The Hall–Kier alpha value is -3.60. The summed E-state index contributed by atoms with van der Waals surface area (Å²) in [6.07, 6.45) is 1.82. The van der Waals surface area contributed by atoms with Crippen molar-refractivity contribution in [2.45, 2.75) is 18.8 Å². The van der Waals surface area contributed by atoms with Crippen molar-refractivity contribution in [2.75, 3.05) is 20.2 Å². The quantitative estimate of drug-likeness (QED) is 0.498. The number of aromatic nitrogens is 2. The van der Waals surface area contributed by atoms with Gasteiger partial charge in [-0.3, -0.25) is 4.79 Å². The molecular formula is C26H25N3O2. The number of imidazole rings is 1. The molecule has 5 rings (SSSR count). The van der Waals surface area contributed by atoms with Gasteiger partial charge in [-0.15, -0.1) is 0 Å². The Labute approximate surface area is 181 Å². The molecule has 0 radical (unpaired) electrons. The van der Waals surface area contributed by atoms with Gasteiger partial charge in [0.15, 0.2) is 0 Å². The maximum absolute atomic E-state index is 13.0. The molecule has 0 aliphatic carbocycles. The molecule has 1 aliphatic rings. The van der Waals surface area contributed by atoms with Gasteiger partial charge in [-0.2, -0.15) is 0 Å². The number of likely N-dealkylation sites (tertiary alicyclic amines) is 1. The van der Waals surface area contributed by atoms with Crippen LogP contribution in [0.5, 0.6) is 5.75 Å². The fraction of sp³-hybridized carbons (Fsp3) is 0.231. The van der Waals surface area contributed by atoms with Gasteiger partial charge in [-0.1, -0.05) is 42.5 Å². The second-order valence-electron chi connectivity index (χ2n) is 8.01. The molecule has 1 N–H and O–H groups in total. The van der Waals surface area contributed by atoms with Gasteiger partial charge in [0.2, 0.25) is 0 Å². The van der Waals surface area contributed by atoms with Gasteiger partial charge < -0.3 is 14.6 Å². The van der Waals surface area contributed by atoms with Gasteiger partial charge in [-0.25, -0.2) is 4.98 Å². The van der Waals surface area contributed by atoms with Crippen molar-refractivity contribution in [2.24, 2.45) is 0 Å². The Morgan fingerprint density at radius 3 is 2.39 bits per heavy atom. The number of ether oxygens (including phenoxy) is 1. The molecule has 1 aliphatic heterocycles. The van der Waals surface area contributed by atoms with E-state index in [0.29, 0.717) is 5.92 Å². The standard InChI is InChI=1S/C26H25N3O2/c1-31-22-11-12-23-24(17-22)28-25(27-23)20-13-15-29(16-14-20)26(30)21-9-7-19(8-10-21)18-5-3-2-4-6-18/h2-12,17,20H,13-16H2,1H3,(H,27,28). The second-order valence-corrected chi connectivity index (χ2v) is 8.01. The number of hydrogen-bond acceptors (Lipinski definition) is 3. The van der Waals surface area contributed by atoms with Crippen molar-refractivity contribution >= 4 is 16.9 Å². The summed E-state index contributed by atoms with van der Waals surface area (Å²) < 4.78 is 5.30. The van der Waals surface area contributed by atoms with Crippen LogP contribution in [-0.4, -0.2) is 41.0 Å². The predicted molar refractivity (Wildman–Crippen MR) is 122 cm³/mol. The van der Waals surface area contributed by atoms with Crippen LogP contribution >= 0.6 is 0 Å². The number of hydrogen-bond donors (Lipinski definition) is 1. The van der Waals surface area contributed by atoms with Crippen molar-refractivity contribution in [3.63, 3.8) is 0 Å². The molecule has 1 aromatic heterocycles. The highest BCUT2D eigenvalue weighted by molar-refractivity contribution is 5.94. The molecule has 0 spiro atoms. The third kappa shape index (κ3) is 3.91. The summed E-state index contributed by atoms with van der Waals surface area (Å²) >= 11 is 0. The van der Waals surface area contributed by atoms with E-state index in [1.807, 2.05) is 65.6 Å². The SMILES string of the molecule is COc1ccc2nc(C3CCN(C(=O)c4ccc(-c5ccccc5)cc4)CC3)[nH]c2c1. The van der Waals surface area contributed by atoms with Crippen LogP contribution in [0.15, 0.2) is 72.8 Å². The number of nitrogens with zero attached hydrogens (tertiary/aromatic N) is 2. The van der Waals surface area contributed by atoms with E-state index in [4.69, 9.17) is 9.72 Å². The lowest BCUT2D eigenvalue weighted by Crippen LogP contribution is -2.38. The van der Waals surface area contributed by atoms with Crippen molar-refractivity contribution in [3.05, 3.63) is 84.2 Å². The van der Waals surface area contributed by atoms with E-state index in [0.717, 1.165) is 65.2 Å². The van der Waals surface area contributed by atoms with Gasteiger partial charge >= 0.3 is 0 Å². The van der Waals surface area contributed by atoms with E-state index in [1.165, 1.54) is 0 Å². The molecule has 5 heteroatoms. The van der Waals surface area contributed by atoms with Crippen molar-refractivity contribution < 1.29 is 9.53 Å². The predicted octanol–water partition coefficient (Wildman–Crippen LogP) is 5.26. The molecule has 0 atom stereocenters. The van der Waals surface area contributed by atoms with E-state index >= 15 is 0 Å². The Kier molecular flexibility index (Phi) is 5.16. The lowest BCUT2D eigenvalue weighted by Gasteiger charge is -2.31. The second kappa shape index (κ2) is 8.26. The van der Waals surface area contributed by atoms with Crippen molar-refractivity contribution in [1.29, 1.82) is 0 Å². The first-order valence-electron chi connectivity index (χ1n) is 10.7. The van der Waals surface area contributed by atoms with Gasteiger partial charge in [-0.05, 0) is 48.2 Å². The lowest BCUT2D eigenvalue weighted by atomic mass is 9.95. The molecule has 1 saturated heterocycles. The largest absolute Gasteiger partial charge is 0.497 e. The average molecular weight is 412 g/mol. The minimum atomic E-state index is 0.104. The normalized spacial score (nSPS) is 14.7. The summed E-state index contributed by atoms with van der Waals surface area (Å²) in [5, 5.41) is 0. The van der Waals surface area contributed by atoms with E-state index < -0.39 is 0 Å². The number of aromatic amines is 1. The van der Waals surface area contributed by atoms with Gasteiger partial charge in [0.05, 0.1) is 18.1 Å². The topological polar surface area (TPSA) is 58.2 Å². The van der Waals surface area contributed by atoms with Crippen molar-refractivity contribution in [1.82, 2.24) is 14.9 Å². The maximum atomic E-state index is 13.0. The fourth-order valence-corrected chi connectivity index (χ4v) is 4.30. The zero-order chi connectivity index (χ0) is 21.2. The molecule has 156 valence electrons. The Morgan fingerprint density at radius 2 is 1.68 bits per heavy atom. The zero-order valence-corrected chi connectivity index (χ0v) is 17.5. The van der Waals surface area contributed by atoms with E-state index in [9.17, 15) is 4.79 Å². The third-order valence-electron chi connectivity index (χ3n) is 6.12. The average Bonchev–Trinajstić information content (AvgIpc) is 3.28. The van der Waals surface area contributed by atoms with E-state index in [-0.39, 0.29) is 5.91 Å². The monoisotopic (exact) mass is 411 g/mol. The molecule has 31 heavy (non-hydrogen) atoms. The summed E-state index contributed by atoms with van der Waals surface area (Å²) in [7, 11) is 1.67. The number of rotatable bonds is 4.